The Hall–Kier alpha value is -2.57. The van der Waals surface area contributed by atoms with Gasteiger partial charge in [0.05, 0.1) is 0 Å². The number of fused-ring (bicyclic) bond motifs is 1. The molecule has 0 bridgehead atoms. The number of aromatic nitrogens is 5. The maximum absolute atomic E-state index is 4.80. The predicted octanol–water partition coefficient (Wildman–Crippen LogP) is 3.06. The minimum absolute atomic E-state index is 0.484. The molecule has 1 saturated heterocycles. The van der Waals surface area contributed by atoms with E-state index in [0.717, 1.165) is 29.6 Å². The zero-order valence-corrected chi connectivity index (χ0v) is 13.7. The molecule has 1 aliphatic heterocycles. The second kappa shape index (κ2) is 5.22. The van der Waals surface area contributed by atoms with Gasteiger partial charge in [-0.3, -0.25) is 5.10 Å². The predicted molar refractivity (Wildman–Crippen MR) is 92.9 cm³/mol. The van der Waals surface area contributed by atoms with Gasteiger partial charge in [0.15, 0.2) is 11.6 Å². The van der Waals surface area contributed by atoms with Crippen molar-refractivity contribution >= 4 is 23.1 Å². The Kier molecular flexibility index (Phi) is 3.01. The van der Waals surface area contributed by atoms with Gasteiger partial charge in [-0.2, -0.15) is 10.1 Å². The molecule has 5 rings (SSSR count). The number of hydrogen-bond acceptors (Lipinski definition) is 5. The summed E-state index contributed by atoms with van der Waals surface area (Å²) in [6, 6.07) is 6.59. The summed E-state index contributed by atoms with van der Waals surface area (Å²) in [5.74, 6) is 3.06. The lowest BCUT2D eigenvalue weighted by molar-refractivity contribution is 0.704. The SMILES string of the molecule is C[C@H]1CCCN1c1nc(Nc2cc(C3CC3)[nH]n2)c2cccn2n1. The molecule has 1 aliphatic carbocycles. The van der Waals surface area contributed by atoms with Gasteiger partial charge in [-0.25, -0.2) is 4.52 Å². The summed E-state index contributed by atoms with van der Waals surface area (Å²) in [5.41, 5.74) is 2.17. The Morgan fingerprint density at radius 1 is 1.29 bits per heavy atom. The van der Waals surface area contributed by atoms with Crippen LogP contribution in [0.4, 0.5) is 17.6 Å². The molecule has 3 aromatic rings. The van der Waals surface area contributed by atoms with Crippen LogP contribution in [0.25, 0.3) is 5.52 Å². The Morgan fingerprint density at radius 3 is 3.00 bits per heavy atom. The number of aromatic amines is 1. The molecule has 4 heterocycles. The van der Waals surface area contributed by atoms with Gasteiger partial charge in [0, 0.05) is 36.5 Å². The van der Waals surface area contributed by atoms with Crippen LogP contribution in [0, 0.1) is 0 Å². The molecule has 7 heteroatoms. The third-order valence-corrected chi connectivity index (χ3v) is 5.05. The average Bonchev–Trinajstić information content (AvgIpc) is 2.98. The molecule has 0 unspecified atom stereocenters. The molecule has 124 valence electrons. The van der Waals surface area contributed by atoms with E-state index in [1.54, 1.807) is 0 Å². The van der Waals surface area contributed by atoms with E-state index < -0.39 is 0 Å². The topological polar surface area (TPSA) is 74.1 Å². The molecule has 2 fully saturated rings. The fourth-order valence-electron chi connectivity index (χ4n) is 3.49. The first kappa shape index (κ1) is 13.8. The molecule has 7 nitrogen and oxygen atoms in total. The van der Waals surface area contributed by atoms with Gasteiger partial charge >= 0.3 is 0 Å². The minimum Gasteiger partial charge on any atom is -0.337 e. The highest BCUT2D eigenvalue weighted by molar-refractivity contribution is 5.73. The highest BCUT2D eigenvalue weighted by Crippen LogP contribution is 2.39. The number of rotatable bonds is 4. The van der Waals surface area contributed by atoms with Crippen molar-refractivity contribution < 1.29 is 0 Å². The normalized spacial score (nSPS) is 20.9. The molecule has 24 heavy (non-hydrogen) atoms. The lowest BCUT2D eigenvalue weighted by Crippen LogP contribution is -2.29. The van der Waals surface area contributed by atoms with Crippen molar-refractivity contribution in [3.63, 3.8) is 0 Å². The Morgan fingerprint density at radius 2 is 2.21 bits per heavy atom. The van der Waals surface area contributed by atoms with Crippen molar-refractivity contribution in [3.8, 4) is 0 Å². The molecule has 2 N–H and O–H groups in total. The summed E-state index contributed by atoms with van der Waals surface area (Å²) in [7, 11) is 0. The van der Waals surface area contributed by atoms with Gasteiger partial charge in [0.25, 0.3) is 0 Å². The van der Waals surface area contributed by atoms with Crippen molar-refractivity contribution in [2.75, 3.05) is 16.8 Å². The van der Waals surface area contributed by atoms with Gasteiger partial charge in [-0.15, -0.1) is 5.10 Å². The molecule has 1 atom stereocenters. The summed E-state index contributed by atoms with van der Waals surface area (Å²) in [6.07, 6.45) is 6.87. The first-order valence-corrected chi connectivity index (χ1v) is 8.72. The lowest BCUT2D eigenvalue weighted by atomic mass is 10.2. The van der Waals surface area contributed by atoms with Crippen LogP contribution in [0.1, 0.15) is 44.2 Å². The smallest absolute Gasteiger partial charge is 0.245 e. The molecular weight excluding hydrogens is 302 g/mol. The van der Waals surface area contributed by atoms with E-state index in [2.05, 4.69) is 38.5 Å². The first-order valence-electron chi connectivity index (χ1n) is 8.72. The Bertz CT molecular complexity index is 876. The number of nitrogens with zero attached hydrogens (tertiary/aromatic N) is 5. The van der Waals surface area contributed by atoms with Crippen LogP contribution < -0.4 is 10.2 Å². The van der Waals surface area contributed by atoms with Crippen LogP contribution in [0.3, 0.4) is 0 Å². The summed E-state index contributed by atoms with van der Waals surface area (Å²) in [4.78, 5) is 7.08. The van der Waals surface area contributed by atoms with Gasteiger partial charge < -0.3 is 10.2 Å². The fourth-order valence-corrected chi connectivity index (χ4v) is 3.49. The number of H-pyrrole nitrogens is 1. The fraction of sp³-hybridized carbons (Fsp3) is 0.471. The quantitative estimate of drug-likeness (QED) is 0.772. The molecule has 1 saturated carbocycles. The molecule has 3 aromatic heterocycles. The molecule has 0 spiro atoms. The monoisotopic (exact) mass is 323 g/mol. The van der Waals surface area contributed by atoms with E-state index >= 15 is 0 Å². The zero-order valence-electron chi connectivity index (χ0n) is 13.7. The summed E-state index contributed by atoms with van der Waals surface area (Å²) < 4.78 is 1.89. The summed E-state index contributed by atoms with van der Waals surface area (Å²) in [6.45, 7) is 3.25. The van der Waals surface area contributed by atoms with Crippen LogP contribution in [0.2, 0.25) is 0 Å². The van der Waals surface area contributed by atoms with E-state index in [-0.39, 0.29) is 0 Å². The maximum atomic E-state index is 4.80. The molecule has 0 radical (unpaired) electrons. The van der Waals surface area contributed by atoms with Crippen molar-refractivity contribution in [1.29, 1.82) is 0 Å². The van der Waals surface area contributed by atoms with Crippen LogP contribution in [0.15, 0.2) is 24.4 Å². The van der Waals surface area contributed by atoms with E-state index in [4.69, 9.17) is 4.98 Å². The van der Waals surface area contributed by atoms with E-state index in [1.165, 1.54) is 31.4 Å². The standard InChI is InChI=1S/C17H21N7/c1-11-4-2-8-23(11)17-19-16(14-5-3-9-24(14)22-17)18-15-10-13(20-21-15)12-6-7-12/h3,5,9-12H,2,4,6-8H2,1H3,(H2,18,19,20,21,22)/t11-/m0/s1. The van der Waals surface area contributed by atoms with Gasteiger partial charge in [0.2, 0.25) is 5.95 Å². The second-order valence-electron chi connectivity index (χ2n) is 6.89. The minimum atomic E-state index is 0.484. The molecule has 0 aromatic carbocycles. The van der Waals surface area contributed by atoms with Crippen molar-refractivity contribution in [2.24, 2.45) is 0 Å². The third kappa shape index (κ3) is 2.31. The molecule has 2 aliphatic rings. The largest absolute Gasteiger partial charge is 0.337 e. The highest BCUT2D eigenvalue weighted by atomic mass is 15.4. The second-order valence-corrected chi connectivity index (χ2v) is 6.89. The third-order valence-electron chi connectivity index (χ3n) is 5.05. The summed E-state index contributed by atoms with van der Waals surface area (Å²) >= 11 is 0. The first-order chi connectivity index (χ1) is 11.8. The van der Waals surface area contributed by atoms with Gasteiger partial charge in [-0.1, -0.05) is 0 Å². The highest BCUT2D eigenvalue weighted by Gasteiger charge is 2.26. The van der Waals surface area contributed by atoms with Crippen LogP contribution in [-0.4, -0.2) is 37.4 Å². The van der Waals surface area contributed by atoms with Crippen molar-refractivity contribution in [1.82, 2.24) is 24.8 Å². The van der Waals surface area contributed by atoms with Gasteiger partial charge in [-0.05, 0) is 44.7 Å². The molecular formula is C17H21N7. The maximum Gasteiger partial charge on any atom is 0.245 e. The van der Waals surface area contributed by atoms with E-state index in [1.807, 2.05) is 22.8 Å². The summed E-state index contributed by atoms with van der Waals surface area (Å²) in [5, 5.41) is 15.6. The number of hydrogen-bond donors (Lipinski definition) is 2. The number of nitrogens with one attached hydrogen (secondary N) is 2. The Labute approximate surface area is 140 Å². The van der Waals surface area contributed by atoms with Crippen LogP contribution in [0.5, 0.6) is 0 Å². The van der Waals surface area contributed by atoms with E-state index in [9.17, 15) is 0 Å². The van der Waals surface area contributed by atoms with Crippen molar-refractivity contribution in [3.05, 3.63) is 30.1 Å². The number of anilines is 3. The lowest BCUT2D eigenvalue weighted by Gasteiger charge is -2.21. The Balaban J connectivity index is 1.51. The van der Waals surface area contributed by atoms with Crippen LogP contribution >= 0.6 is 0 Å². The van der Waals surface area contributed by atoms with Gasteiger partial charge in [0.1, 0.15) is 5.52 Å². The van der Waals surface area contributed by atoms with Crippen molar-refractivity contribution in [2.45, 2.75) is 44.6 Å². The molecule has 0 amide bonds. The zero-order chi connectivity index (χ0) is 16.1. The van der Waals surface area contributed by atoms with E-state index in [0.29, 0.717) is 12.0 Å². The average molecular weight is 323 g/mol. The van der Waals surface area contributed by atoms with Crippen LogP contribution in [-0.2, 0) is 0 Å².